The molecule has 11 amide bonds. The number of nitrogens with one attached hydrogen (secondary N) is 4. The van der Waals surface area contributed by atoms with E-state index in [1.807, 2.05) is 67.5 Å². The molecule has 0 aromatic heterocycles. The Balaban J connectivity index is 2.31. The number of likely N-dealkylation sites (N-methyl/N-ethyl adjacent to an activating group) is 7. The van der Waals surface area contributed by atoms with E-state index in [2.05, 4.69) is 26.2 Å². The number of carbonyl (C=O) groups excluding carboxylic acids is 11. The number of methoxy groups -OCH3 is 1. The summed E-state index contributed by atoms with van der Waals surface area (Å²) in [7, 11) is 11.8. The van der Waals surface area contributed by atoms with Gasteiger partial charge in [-0.2, -0.15) is 0 Å². The highest BCUT2D eigenvalue weighted by Gasteiger charge is 2.51. The normalized spacial score (nSPS) is 30.2. The Morgan fingerprint density at radius 1 is 0.543 bits per heavy atom. The van der Waals surface area contributed by atoms with E-state index >= 15 is 24.0 Å². The van der Waals surface area contributed by atoms with Gasteiger partial charge >= 0.3 is 0 Å². The minimum absolute atomic E-state index is 0.00713. The third-order valence-electron chi connectivity index (χ3n) is 19.0. The topological polar surface area (TPSA) is 290 Å². The van der Waals surface area contributed by atoms with Crippen LogP contribution in [0.25, 0.3) is 0 Å². The number of carbonyl (C=O) groups is 11. The second-order valence-electron chi connectivity index (χ2n) is 28.3. The monoisotopic (exact) mass is 1330 g/mol. The molecule has 0 aromatic rings. The van der Waals surface area contributed by atoms with Gasteiger partial charge in [0.1, 0.15) is 66.5 Å². The molecule has 3 aliphatic heterocycles. The second kappa shape index (κ2) is 37.3. The van der Waals surface area contributed by atoms with Gasteiger partial charge in [-0.15, -0.1) is 0 Å². The summed E-state index contributed by atoms with van der Waals surface area (Å²) in [6, 6.07) is -13.6. The lowest BCUT2D eigenvalue weighted by Crippen LogP contribution is -2.62. The van der Waals surface area contributed by atoms with Crippen LogP contribution in [0.2, 0.25) is 0 Å². The summed E-state index contributed by atoms with van der Waals surface area (Å²) in [6.07, 6.45) is 3.66. The van der Waals surface area contributed by atoms with Crippen LogP contribution in [0.4, 0.5) is 0 Å². The summed E-state index contributed by atoms with van der Waals surface area (Å²) in [4.78, 5) is 174. The highest BCUT2D eigenvalue weighted by molar-refractivity contribution is 6.00. The van der Waals surface area contributed by atoms with E-state index < -0.39 is 161 Å². The van der Waals surface area contributed by atoms with Crippen molar-refractivity contribution >= 4 is 65.0 Å². The molecule has 3 aliphatic rings. The molecule has 0 aliphatic carbocycles. The third-order valence-corrected chi connectivity index (χ3v) is 19.0. The van der Waals surface area contributed by atoms with Crippen LogP contribution in [0.15, 0.2) is 12.2 Å². The van der Waals surface area contributed by atoms with Crippen molar-refractivity contribution in [2.75, 3.05) is 89.3 Å². The lowest BCUT2D eigenvalue weighted by Gasteiger charge is -2.39. The van der Waals surface area contributed by atoms with Crippen molar-refractivity contribution in [3.8, 4) is 0 Å². The zero-order chi connectivity index (χ0) is 71.7. The number of rotatable bonds is 18. The Bertz CT molecular complexity index is 2620. The highest BCUT2D eigenvalue weighted by atomic mass is 16.5. The van der Waals surface area contributed by atoms with E-state index in [0.717, 1.165) is 19.5 Å². The van der Waals surface area contributed by atoms with Gasteiger partial charge in [0, 0.05) is 82.0 Å². The molecule has 3 saturated heterocycles. The highest BCUT2D eigenvalue weighted by Crippen LogP contribution is 2.30. The van der Waals surface area contributed by atoms with Crippen LogP contribution in [0.1, 0.15) is 149 Å². The summed E-state index contributed by atoms with van der Waals surface area (Å²) in [5.41, 5.74) is 0. The number of likely N-dealkylation sites (tertiary alicyclic amines) is 1. The molecular formula is C68H120N12O14. The minimum Gasteiger partial charge on any atom is -0.380 e. The summed E-state index contributed by atoms with van der Waals surface area (Å²) in [5.74, 6) is -9.40. The average Bonchev–Trinajstić information content (AvgIpc) is 1.57. The smallest absolute Gasteiger partial charge is 0.248 e. The van der Waals surface area contributed by atoms with E-state index in [1.165, 1.54) is 104 Å². The fraction of sp³-hybridized carbons (Fsp3) is 0.809. The molecule has 536 valence electrons. The number of allylic oxidation sites excluding steroid dienone is 2. The van der Waals surface area contributed by atoms with E-state index in [1.54, 1.807) is 41.7 Å². The van der Waals surface area contributed by atoms with E-state index in [-0.39, 0.29) is 56.1 Å². The summed E-state index contributed by atoms with van der Waals surface area (Å²) in [6.45, 7) is 30.4. The molecule has 16 unspecified atom stereocenters. The molecule has 0 saturated carbocycles. The lowest BCUT2D eigenvalue weighted by atomic mass is 9.92. The SMILES string of the molecule is CC=CCC(C)C1OC(C)C2C(=O)N(C)C1C(=O)NC(CC)C(=O)N(C)C(C)C(=O)N(C)C(C(C)COCCN1CCC(OC)C1)C(=O)NC(C(C)C)C(=O)N(C)C(CC(C)C)C(=O)NC(C)C(=O)NC(C)C(=O)N(C)C(CC(C)C)C(=O)N(C)C(CC(C)C)C(=O)N2C. The molecule has 16 atom stereocenters. The van der Waals surface area contributed by atoms with E-state index in [0.29, 0.717) is 19.6 Å². The van der Waals surface area contributed by atoms with Crippen molar-refractivity contribution in [1.29, 1.82) is 0 Å². The van der Waals surface area contributed by atoms with Crippen molar-refractivity contribution in [1.82, 2.24) is 60.5 Å². The lowest BCUT2D eigenvalue weighted by molar-refractivity contribution is -0.155. The van der Waals surface area contributed by atoms with Crippen LogP contribution in [-0.2, 0) is 67.0 Å². The summed E-state index contributed by atoms with van der Waals surface area (Å²) in [5, 5.41) is 11.2. The van der Waals surface area contributed by atoms with Gasteiger partial charge in [-0.1, -0.05) is 88.3 Å². The van der Waals surface area contributed by atoms with Crippen LogP contribution >= 0.6 is 0 Å². The number of hydrogen-bond donors (Lipinski definition) is 4. The predicted octanol–water partition coefficient (Wildman–Crippen LogP) is 2.76. The quantitative estimate of drug-likeness (QED) is 0.113. The van der Waals surface area contributed by atoms with Gasteiger partial charge in [-0.25, -0.2) is 0 Å². The Labute approximate surface area is 561 Å². The fourth-order valence-corrected chi connectivity index (χ4v) is 12.8. The molecule has 3 rings (SSSR count). The van der Waals surface area contributed by atoms with Gasteiger partial charge in [0.15, 0.2) is 0 Å². The van der Waals surface area contributed by atoms with Crippen molar-refractivity contribution < 1.29 is 67.0 Å². The Morgan fingerprint density at radius 2 is 1.06 bits per heavy atom. The predicted molar refractivity (Wildman–Crippen MR) is 359 cm³/mol. The maximum absolute atomic E-state index is 15.3. The van der Waals surface area contributed by atoms with Crippen molar-refractivity contribution in [3.63, 3.8) is 0 Å². The Kier molecular flexibility index (Phi) is 32.5. The van der Waals surface area contributed by atoms with Gasteiger partial charge in [-0.05, 0) is 103 Å². The van der Waals surface area contributed by atoms with Gasteiger partial charge in [0.25, 0.3) is 0 Å². The van der Waals surface area contributed by atoms with Crippen molar-refractivity contribution in [2.24, 2.45) is 35.5 Å². The zero-order valence-corrected chi connectivity index (χ0v) is 61.3. The summed E-state index contributed by atoms with van der Waals surface area (Å²) < 4.78 is 18.5. The molecule has 0 radical (unpaired) electrons. The first-order valence-corrected chi connectivity index (χ1v) is 34.0. The van der Waals surface area contributed by atoms with Crippen LogP contribution < -0.4 is 21.3 Å². The second-order valence-corrected chi connectivity index (χ2v) is 28.3. The zero-order valence-electron chi connectivity index (χ0n) is 61.3. The molecule has 94 heavy (non-hydrogen) atoms. The van der Waals surface area contributed by atoms with Gasteiger partial charge in [-0.3, -0.25) is 57.6 Å². The fourth-order valence-electron chi connectivity index (χ4n) is 12.8. The molecule has 26 heteroatoms. The van der Waals surface area contributed by atoms with Crippen LogP contribution in [-0.4, -0.2) is 278 Å². The standard InChI is InChI=1S/C68H120N12O14/c1-25-27-28-42(11)57-56-61(84)71-49(26-2)64(87)73(17)46(15)63(86)77(21)54(43(12)37-93-32-31-80-30-29-48(36-80)92-24)60(83)72-53(41(9)10)67(90)74(18)50(33-38(3)4)59(82)69-44(13)58(81)70-45(14)62(85)75(19)51(34-39(5)6)65(88)76(20)52(35-40(7)8)66(89)78(22)55(47(16)94-57)68(91)79(56)23/h25,27,38-57H,26,28-37H2,1-24H3,(H,69,82)(H,70,81)(H,71,84)(H,72,83). The van der Waals surface area contributed by atoms with E-state index in [4.69, 9.17) is 14.2 Å². The molecule has 26 nitrogen and oxygen atoms in total. The summed E-state index contributed by atoms with van der Waals surface area (Å²) >= 11 is 0. The first kappa shape index (κ1) is 82.0. The molecule has 0 spiro atoms. The Hall–Kier alpha value is -6.25. The third kappa shape index (κ3) is 21.4. The molecule has 0 aromatic carbocycles. The van der Waals surface area contributed by atoms with Crippen LogP contribution in [0.3, 0.4) is 0 Å². The number of hydrogen-bond acceptors (Lipinski definition) is 15. The maximum Gasteiger partial charge on any atom is 0.248 e. The Morgan fingerprint density at radius 3 is 1.59 bits per heavy atom. The largest absolute Gasteiger partial charge is 0.380 e. The van der Waals surface area contributed by atoms with Gasteiger partial charge in [0.2, 0.25) is 65.0 Å². The number of amides is 11. The van der Waals surface area contributed by atoms with Gasteiger partial charge < -0.3 is 69.8 Å². The molecule has 4 N–H and O–H groups in total. The first-order chi connectivity index (χ1) is 43.8. The first-order valence-electron chi connectivity index (χ1n) is 34.0. The number of ether oxygens (including phenoxy) is 3. The van der Waals surface area contributed by atoms with Crippen LogP contribution in [0, 0.1) is 35.5 Å². The molecule has 3 heterocycles. The van der Waals surface area contributed by atoms with Crippen LogP contribution in [0.5, 0.6) is 0 Å². The van der Waals surface area contributed by atoms with Crippen molar-refractivity contribution in [3.05, 3.63) is 12.2 Å². The molecule has 2 bridgehead atoms. The van der Waals surface area contributed by atoms with Gasteiger partial charge in [0.05, 0.1) is 31.5 Å². The maximum atomic E-state index is 15.3. The molecule has 3 fully saturated rings. The van der Waals surface area contributed by atoms with E-state index in [9.17, 15) is 28.8 Å². The number of fused-ring (bicyclic) bond motifs is 3. The van der Waals surface area contributed by atoms with Crippen molar-refractivity contribution in [2.45, 2.75) is 234 Å². The number of nitrogens with zero attached hydrogens (tertiary/aromatic N) is 8. The average molecular weight is 1330 g/mol. The molecular weight excluding hydrogens is 1210 g/mol. The minimum atomic E-state index is -1.35.